The first-order valence-corrected chi connectivity index (χ1v) is 5.03. The highest BCUT2D eigenvalue weighted by Gasteiger charge is 2.04. The van der Waals surface area contributed by atoms with E-state index < -0.39 is 0 Å². The predicted molar refractivity (Wildman–Crippen MR) is 50.0 cm³/mol. The molecular weight excluding hydrogens is 152 g/mol. The van der Waals surface area contributed by atoms with E-state index in [2.05, 4.69) is 23.6 Å². The molecule has 0 aromatic carbocycles. The Morgan fingerprint density at radius 3 is 3.09 bits per heavy atom. The third kappa shape index (κ3) is 1.72. The van der Waals surface area contributed by atoms with Crippen LogP contribution in [0.3, 0.4) is 0 Å². The molecule has 1 heteroatoms. The minimum Gasteiger partial charge on any atom is -0.149 e. The smallest absolute Gasteiger partial charge is 0.00856 e. The van der Waals surface area contributed by atoms with Crippen molar-refractivity contribution in [3.8, 4) is 0 Å². The lowest BCUT2D eigenvalue weighted by Crippen LogP contribution is -1.82. The van der Waals surface area contributed by atoms with Crippen LogP contribution in [0.2, 0.25) is 0 Å². The van der Waals surface area contributed by atoms with Crippen molar-refractivity contribution >= 4 is 11.3 Å². The fourth-order valence-electron chi connectivity index (χ4n) is 1.53. The summed E-state index contributed by atoms with van der Waals surface area (Å²) in [5, 5.41) is 2.16. The predicted octanol–water partition coefficient (Wildman–Crippen LogP) is 3.40. The molecule has 0 unspecified atom stereocenters. The Balaban J connectivity index is 2.00. The fourth-order valence-corrected chi connectivity index (χ4v) is 2.29. The number of hydrogen-bond acceptors (Lipinski definition) is 1. The van der Waals surface area contributed by atoms with Gasteiger partial charge in [-0.15, -0.1) is 11.3 Å². The van der Waals surface area contributed by atoms with Gasteiger partial charge in [-0.1, -0.05) is 17.7 Å². The molecule has 1 aliphatic carbocycles. The summed E-state index contributed by atoms with van der Waals surface area (Å²) in [5.74, 6) is 0. The lowest BCUT2D eigenvalue weighted by Gasteiger charge is -1.96. The Labute approximate surface area is 71.6 Å². The average Bonchev–Trinajstić information content (AvgIpc) is 2.60. The molecule has 0 aliphatic heterocycles. The minimum absolute atomic E-state index is 1.21. The first-order valence-electron chi connectivity index (χ1n) is 4.15. The molecule has 0 amide bonds. The molecule has 1 aromatic heterocycles. The normalized spacial score (nSPS) is 16.9. The molecule has 11 heavy (non-hydrogen) atoms. The summed E-state index contributed by atoms with van der Waals surface area (Å²) in [7, 11) is 0. The highest BCUT2D eigenvalue weighted by molar-refractivity contribution is 7.09. The average molecular weight is 164 g/mol. The Bertz CT molecular complexity index is 244. The molecule has 0 saturated heterocycles. The van der Waals surface area contributed by atoms with Gasteiger partial charge >= 0.3 is 0 Å². The van der Waals surface area contributed by atoms with E-state index >= 15 is 0 Å². The maximum atomic E-state index is 2.40. The second-order valence-corrected chi connectivity index (χ2v) is 4.04. The van der Waals surface area contributed by atoms with Crippen LogP contribution in [0.15, 0.2) is 29.2 Å². The van der Waals surface area contributed by atoms with E-state index in [1.807, 2.05) is 11.3 Å². The first-order chi connectivity index (χ1) is 5.45. The van der Waals surface area contributed by atoms with E-state index in [9.17, 15) is 0 Å². The number of rotatable bonds is 2. The molecule has 0 N–H and O–H groups in total. The molecule has 1 aromatic rings. The third-order valence-electron chi connectivity index (χ3n) is 2.12. The number of hydrogen-bond donors (Lipinski definition) is 0. The molecule has 1 aliphatic rings. The lowest BCUT2D eigenvalue weighted by molar-refractivity contribution is 0.890. The zero-order chi connectivity index (χ0) is 7.52. The highest BCUT2D eigenvalue weighted by Crippen LogP contribution is 2.23. The van der Waals surface area contributed by atoms with Crippen LogP contribution in [0, 0.1) is 0 Å². The van der Waals surface area contributed by atoms with E-state index in [0.29, 0.717) is 0 Å². The van der Waals surface area contributed by atoms with Crippen LogP contribution < -0.4 is 0 Å². The van der Waals surface area contributed by atoms with Gasteiger partial charge in [-0.3, -0.25) is 0 Å². The van der Waals surface area contributed by atoms with E-state index in [0.717, 1.165) is 0 Å². The molecule has 2 rings (SSSR count). The zero-order valence-corrected chi connectivity index (χ0v) is 7.36. The minimum atomic E-state index is 1.21. The van der Waals surface area contributed by atoms with Gasteiger partial charge in [0.25, 0.3) is 0 Å². The Morgan fingerprint density at radius 1 is 1.45 bits per heavy atom. The van der Waals surface area contributed by atoms with Crippen LogP contribution in [-0.4, -0.2) is 0 Å². The molecule has 0 nitrogen and oxygen atoms in total. The molecule has 0 saturated carbocycles. The number of thiophene rings is 1. The molecule has 58 valence electrons. The Hall–Kier alpha value is -0.560. The second kappa shape index (κ2) is 3.22. The summed E-state index contributed by atoms with van der Waals surface area (Å²) in [6.45, 7) is 0. The largest absolute Gasteiger partial charge is 0.149 e. The van der Waals surface area contributed by atoms with Crippen molar-refractivity contribution in [3.05, 3.63) is 34.0 Å². The molecule has 0 fully saturated rings. The quantitative estimate of drug-likeness (QED) is 0.588. The van der Waals surface area contributed by atoms with Gasteiger partial charge in [0.1, 0.15) is 0 Å². The number of allylic oxidation sites excluding steroid dienone is 2. The Kier molecular flexibility index (Phi) is 2.08. The van der Waals surface area contributed by atoms with Crippen LogP contribution >= 0.6 is 11.3 Å². The van der Waals surface area contributed by atoms with Crippen LogP contribution in [0.25, 0.3) is 0 Å². The van der Waals surface area contributed by atoms with E-state index in [1.54, 1.807) is 5.57 Å². The van der Waals surface area contributed by atoms with E-state index in [1.165, 1.54) is 30.6 Å². The van der Waals surface area contributed by atoms with Gasteiger partial charge in [-0.2, -0.15) is 0 Å². The van der Waals surface area contributed by atoms with Gasteiger partial charge in [-0.25, -0.2) is 0 Å². The topological polar surface area (TPSA) is 0 Å². The second-order valence-electron chi connectivity index (χ2n) is 3.01. The maximum Gasteiger partial charge on any atom is 0.00856 e. The van der Waals surface area contributed by atoms with Gasteiger partial charge in [0.05, 0.1) is 0 Å². The van der Waals surface area contributed by atoms with Crippen LogP contribution in [0.4, 0.5) is 0 Å². The molecule has 0 radical (unpaired) electrons. The van der Waals surface area contributed by atoms with Crippen molar-refractivity contribution in [1.82, 2.24) is 0 Å². The summed E-state index contributed by atoms with van der Waals surface area (Å²) < 4.78 is 0. The van der Waals surface area contributed by atoms with Crippen molar-refractivity contribution in [3.63, 3.8) is 0 Å². The fraction of sp³-hybridized carbons (Fsp3) is 0.400. The lowest BCUT2D eigenvalue weighted by atomic mass is 10.1. The highest BCUT2D eigenvalue weighted by atomic mass is 32.1. The van der Waals surface area contributed by atoms with Gasteiger partial charge in [-0.05, 0) is 30.7 Å². The van der Waals surface area contributed by atoms with Crippen LogP contribution in [0.5, 0.6) is 0 Å². The van der Waals surface area contributed by atoms with Crippen LogP contribution in [-0.2, 0) is 6.42 Å². The molecule has 0 atom stereocenters. The standard InChI is InChI=1S/C10H12S/c1-2-5-9(4-1)8-10-6-3-7-11-10/h3-4,6-7H,1-2,5,8H2. The van der Waals surface area contributed by atoms with Crippen molar-refractivity contribution < 1.29 is 0 Å². The molecule has 0 bridgehead atoms. The Morgan fingerprint density at radius 2 is 2.45 bits per heavy atom. The van der Waals surface area contributed by atoms with Gasteiger partial charge in [0.2, 0.25) is 0 Å². The van der Waals surface area contributed by atoms with Crippen LogP contribution in [0.1, 0.15) is 24.1 Å². The summed E-state index contributed by atoms with van der Waals surface area (Å²) in [6, 6.07) is 4.36. The van der Waals surface area contributed by atoms with Crippen molar-refractivity contribution in [2.75, 3.05) is 0 Å². The zero-order valence-electron chi connectivity index (χ0n) is 6.55. The van der Waals surface area contributed by atoms with E-state index in [-0.39, 0.29) is 0 Å². The van der Waals surface area contributed by atoms with E-state index in [4.69, 9.17) is 0 Å². The summed E-state index contributed by atoms with van der Waals surface area (Å²) in [4.78, 5) is 1.51. The van der Waals surface area contributed by atoms with Gasteiger partial charge < -0.3 is 0 Å². The molecule has 0 spiro atoms. The van der Waals surface area contributed by atoms with Gasteiger partial charge in [0.15, 0.2) is 0 Å². The van der Waals surface area contributed by atoms with Crippen molar-refractivity contribution in [1.29, 1.82) is 0 Å². The summed E-state index contributed by atoms with van der Waals surface area (Å²) >= 11 is 1.87. The van der Waals surface area contributed by atoms with Crippen molar-refractivity contribution in [2.24, 2.45) is 0 Å². The maximum absolute atomic E-state index is 2.40. The SMILES string of the molecule is C1=C(Cc2cccs2)CCC1. The monoisotopic (exact) mass is 164 g/mol. The van der Waals surface area contributed by atoms with Gasteiger partial charge in [0, 0.05) is 11.3 Å². The first kappa shape index (κ1) is 7.11. The molecule has 1 heterocycles. The van der Waals surface area contributed by atoms with Crippen molar-refractivity contribution in [2.45, 2.75) is 25.7 Å². The summed E-state index contributed by atoms with van der Waals surface area (Å²) in [5.41, 5.74) is 1.65. The molecular formula is C10H12S. The summed E-state index contributed by atoms with van der Waals surface area (Å²) in [6.07, 6.45) is 7.62. The third-order valence-corrected chi connectivity index (χ3v) is 2.99.